The maximum atomic E-state index is 6.09. The van der Waals surface area contributed by atoms with Crippen molar-refractivity contribution in [2.75, 3.05) is 7.11 Å². The van der Waals surface area contributed by atoms with E-state index in [1.54, 1.807) is 7.11 Å². The molecular formula is C12H17ClO. The second kappa shape index (κ2) is 3.82. The molecule has 0 aromatic heterocycles. The van der Waals surface area contributed by atoms with Crippen molar-refractivity contribution in [1.82, 2.24) is 0 Å². The van der Waals surface area contributed by atoms with Gasteiger partial charge in [-0.3, -0.25) is 0 Å². The molecular weight excluding hydrogens is 196 g/mol. The van der Waals surface area contributed by atoms with E-state index in [1.807, 2.05) is 19.1 Å². The molecule has 2 heteroatoms. The highest BCUT2D eigenvalue weighted by Crippen LogP contribution is 2.35. The lowest BCUT2D eigenvalue weighted by atomic mass is 9.86. The maximum absolute atomic E-state index is 6.09. The van der Waals surface area contributed by atoms with Crippen molar-refractivity contribution in [3.63, 3.8) is 0 Å². The summed E-state index contributed by atoms with van der Waals surface area (Å²) in [4.78, 5) is 0. The molecule has 0 N–H and O–H groups in total. The highest BCUT2D eigenvalue weighted by Gasteiger charge is 2.19. The Kier molecular flexibility index (Phi) is 3.10. The van der Waals surface area contributed by atoms with Crippen LogP contribution in [0.4, 0.5) is 0 Å². The van der Waals surface area contributed by atoms with Crippen molar-refractivity contribution in [2.45, 2.75) is 33.1 Å². The lowest BCUT2D eigenvalue weighted by molar-refractivity contribution is 0.397. The molecule has 0 unspecified atom stereocenters. The van der Waals surface area contributed by atoms with Crippen molar-refractivity contribution >= 4 is 11.6 Å². The van der Waals surface area contributed by atoms with E-state index in [9.17, 15) is 0 Å². The van der Waals surface area contributed by atoms with Crippen LogP contribution in [0.2, 0.25) is 5.02 Å². The molecule has 0 radical (unpaired) electrons. The first-order valence-corrected chi connectivity index (χ1v) is 5.08. The second-order valence-electron chi connectivity index (χ2n) is 4.55. The summed E-state index contributed by atoms with van der Waals surface area (Å²) in [5, 5.41) is 0.802. The first-order chi connectivity index (χ1) is 6.36. The van der Waals surface area contributed by atoms with Crippen LogP contribution < -0.4 is 4.74 Å². The molecule has 0 bridgehead atoms. The fraction of sp³-hybridized carbons (Fsp3) is 0.500. The van der Waals surface area contributed by atoms with Crippen LogP contribution in [0.25, 0.3) is 0 Å². The van der Waals surface area contributed by atoms with Crippen LogP contribution in [-0.2, 0) is 5.41 Å². The summed E-state index contributed by atoms with van der Waals surface area (Å²) in [5.41, 5.74) is 2.26. The predicted molar refractivity (Wildman–Crippen MR) is 61.4 cm³/mol. The third-order valence-electron chi connectivity index (χ3n) is 2.29. The molecule has 0 saturated carbocycles. The Morgan fingerprint density at radius 1 is 1.21 bits per heavy atom. The number of hydrogen-bond donors (Lipinski definition) is 0. The average molecular weight is 213 g/mol. The van der Waals surface area contributed by atoms with E-state index in [2.05, 4.69) is 20.8 Å². The molecule has 1 aromatic rings. The van der Waals surface area contributed by atoms with E-state index in [1.165, 1.54) is 0 Å². The zero-order valence-corrected chi connectivity index (χ0v) is 10.2. The Bertz CT molecular complexity index is 337. The van der Waals surface area contributed by atoms with E-state index in [-0.39, 0.29) is 5.41 Å². The van der Waals surface area contributed by atoms with Gasteiger partial charge in [-0.2, -0.15) is 0 Å². The van der Waals surface area contributed by atoms with Gasteiger partial charge in [-0.1, -0.05) is 32.4 Å². The van der Waals surface area contributed by atoms with Crippen molar-refractivity contribution in [3.05, 3.63) is 28.3 Å². The van der Waals surface area contributed by atoms with Crippen molar-refractivity contribution in [1.29, 1.82) is 0 Å². The molecule has 14 heavy (non-hydrogen) atoms. The van der Waals surface area contributed by atoms with Crippen LogP contribution in [0.1, 0.15) is 31.9 Å². The van der Waals surface area contributed by atoms with Gasteiger partial charge >= 0.3 is 0 Å². The van der Waals surface area contributed by atoms with Gasteiger partial charge in [0.05, 0.1) is 7.11 Å². The molecule has 1 aromatic carbocycles. The van der Waals surface area contributed by atoms with Crippen LogP contribution in [-0.4, -0.2) is 7.11 Å². The van der Waals surface area contributed by atoms with E-state index >= 15 is 0 Å². The van der Waals surface area contributed by atoms with Gasteiger partial charge in [0.1, 0.15) is 5.75 Å². The standard InChI is InChI=1S/C12H17ClO/c1-8-6-11(14-5)9(7-10(8)13)12(2,3)4/h6-7H,1-5H3. The molecule has 0 amide bonds. The first-order valence-electron chi connectivity index (χ1n) is 4.71. The molecule has 0 fully saturated rings. The smallest absolute Gasteiger partial charge is 0.122 e. The number of rotatable bonds is 1. The summed E-state index contributed by atoms with van der Waals surface area (Å²) < 4.78 is 5.35. The van der Waals surface area contributed by atoms with Crippen LogP contribution in [0.15, 0.2) is 12.1 Å². The van der Waals surface area contributed by atoms with Crippen molar-refractivity contribution in [2.24, 2.45) is 0 Å². The van der Waals surface area contributed by atoms with Gasteiger partial charge in [-0.25, -0.2) is 0 Å². The number of aryl methyl sites for hydroxylation is 1. The topological polar surface area (TPSA) is 9.23 Å². The second-order valence-corrected chi connectivity index (χ2v) is 4.96. The third-order valence-corrected chi connectivity index (χ3v) is 2.70. The zero-order chi connectivity index (χ0) is 10.9. The van der Waals surface area contributed by atoms with Crippen molar-refractivity contribution in [3.8, 4) is 5.75 Å². The summed E-state index contributed by atoms with van der Waals surface area (Å²) in [6.45, 7) is 8.43. The molecule has 0 saturated heterocycles. The van der Waals surface area contributed by atoms with Crippen LogP contribution in [0.3, 0.4) is 0 Å². The van der Waals surface area contributed by atoms with Gasteiger partial charge in [-0.15, -0.1) is 0 Å². The van der Waals surface area contributed by atoms with Crippen LogP contribution in [0.5, 0.6) is 5.75 Å². The number of hydrogen-bond acceptors (Lipinski definition) is 1. The Balaban J connectivity index is 3.35. The normalized spacial score (nSPS) is 11.6. The predicted octanol–water partition coefficient (Wildman–Crippen LogP) is 3.95. The fourth-order valence-corrected chi connectivity index (χ4v) is 1.57. The number of methoxy groups -OCH3 is 1. The third kappa shape index (κ3) is 2.21. The van der Waals surface area contributed by atoms with E-state index < -0.39 is 0 Å². The average Bonchev–Trinajstić information content (AvgIpc) is 2.07. The highest BCUT2D eigenvalue weighted by atomic mass is 35.5. The summed E-state index contributed by atoms with van der Waals surface area (Å²) in [6.07, 6.45) is 0. The van der Waals surface area contributed by atoms with E-state index in [0.29, 0.717) is 0 Å². The molecule has 1 rings (SSSR count). The lowest BCUT2D eigenvalue weighted by Crippen LogP contribution is -2.13. The summed E-state index contributed by atoms with van der Waals surface area (Å²) >= 11 is 6.09. The molecule has 1 nitrogen and oxygen atoms in total. The molecule has 0 aliphatic heterocycles. The molecule has 0 aliphatic carbocycles. The Hall–Kier alpha value is -0.690. The van der Waals surface area contributed by atoms with Gasteiger partial charge in [0.2, 0.25) is 0 Å². The van der Waals surface area contributed by atoms with Crippen molar-refractivity contribution < 1.29 is 4.74 Å². The Labute approximate surface area is 91.0 Å². The minimum atomic E-state index is 0.0582. The van der Waals surface area contributed by atoms with Gasteiger partial charge in [0.25, 0.3) is 0 Å². The summed E-state index contributed by atoms with van der Waals surface area (Å²) in [5.74, 6) is 0.916. The summed E-state index contributed by atoms with van der Waals surface area (Å²) in [7, 11) is 1.69. The minimum Gasteiger partial charge on any atom is -0.496 e. The first kappa shape index (κ1) is 11.4. The van der Waals surface area contributed by atoms with Crippen LogP contribution in [0, 0.1) is 6.92 Å². The SMILES string of the molecule is COc1cc(C)c(Cl)cc1C(C)(C)C. The Morgan fingerprint density at radius 3 is 2.21 bits per heavy atom. The zero-order valence-electron chi connectivity index (χ0n) is 9.44. The van der Waals surface area contributed by atoms with E-state index in [0.717, 1.165) is 21.9 Å². The van der Waals surface area contributed by atoms with Gasteiger partial charge in [0.15, 0.2) is 0 Å². The molecule has 0 spiro atoms. The number of ether oxygens (including phenoxy) is 1. The molecule has 0 atom stereocenters. The van der Waals surface area contributed by atoms with Gasteiger partial charge in [-0.05, 0) is 30.0 Å². The minimum absolute atomic E-state index is 0.0582. The lowest BCUT2D eigenvalue weighted by Gasteiger charge is -2.22. The van der Waals surface area contributed by atoms with Gasteiger partial charge in [0, 0.05) is 10.6 Å². The van der Waals surface area contributed by atoms with Crippen LogP contribution >= 0.6 is 11.6 Å². The quantitative estimate of drug-likeness (QED) is 0.685. The maximum Gasteiger partial charge on any atom is 0.122 e. The Morgan fingerprint density at radius 2 is 1.79 bits per heavy atom. The highest BCUT2D eigenvalue weighted by molar-refractivity contribution is 6.31. The number of halogens is 1. The number of benzene rings is 1. The molecule has 0 heterocycles. The largest absolute Gasteiger partial charge is 0.496 e. The van der Waals surface area contributed by atoms with Gasteiger partial charge < -0.3 is 4.74 Å². The fourth-order valence-electron chi connectivity index (χ4n) is 1.41. The molecule has 78 valence electrons. The monoisotopic (exact) mass is 212 g/mol. The summed E-state index contributed by atoms with van der Waals surface area (Å²) in [6, 6.07) is 3.98. The van der Waals surface area contributed by atoms with E-state index in [4.69, 9.17) is 16.3 Å². The molecule has 0 aliphatic rings.